The molecule has 0 aliphatic rings. The Morgan fingerprint density at radius 1 is 1.79 bits per heavy atom. The Bertz CT molecular complexity index is 450. The fourth-order valence-corrected chi connectivity index (χ4v) is 0.334. The molecule has 82 valence electrons. The lowest BCUT2D eigenvalue weighted by Gasteiger charge is -2.10. The molecule has 0 aromatic rings. The van der Waals surface area contributed by atoms with Gasteiger partial charge >= 0.3 is 5.97 Å². The Hall–Kier alpha value is -1.30. The van der Waals surface area contributed by atoms with Gasteiger partial charge in [0.15, 0.2) is 5.96 Å². The van der Waals surface area contributed by atoms with Crippen molar-refractivity contribution < 1.29 is 19.5 Å². The largest absolute Gasteiger partial charge is 0.480 e. The quantitative estimate of drug-likeness (QED) is 0.400. The summed E-state index contributed by atoms with van der Waals surface area (Å²) in [6.07, 6.45) is -7.15. The normalized spacial score (nSPS) is 26.5. The van der Waals surface area contributed by atoms with E-state index in [4.69, 9.17) is 26.2 Å². The van der Waals surface area contributed by atoms with Gasteiger partial charge in [-0.05, 0) is 12.7 Å². The number of nitrogens with zero attached hydrogens (tertiary/aromatic N) is 2. The summed E-state index contributed by atoms with van der Waals surface area (Å²) in [4.78, 5) is 15.2. The van der Waals surface area contributed by atoms with Crippen molar-refractivity contribution in [1.82, 2.24) is 4.90 Å². The second-order valence-corrected chi connectivity index (χ2v) is 2.45. The fraction of sp³-hybridized carbons (Fsp3) is 0.750. The van der Waals surface area contributed by atoms with Gasteiger partial charge in [-0.2, -0.15) is 0 Å². The maximum absolute atomic E-state index is 10.9. The highest BCUT2D eigenvalue weighted by Crippen LogP contribution is 1.95. The zero-order chi connectivity index (χ0) is 17.4. The van der Waals surface area contributed by atoms with Crippen LogP contribution in [0.1, 0.15) is 22.3 Å². The van der Waals surface area contributed by atoms with Crippen LogP contribution in [0.15, 0.2) is 4.99 Å². The number of carbonyl (C=O) groups is 1. The van der Waals surface area contributed by atoms with Crippen molar-refractivity contribution >= 4 is 11.9 Å². The summed E-state index contributed by atoms with van der Waals surface area (Å²) in [6, 6.07) is -3.42. The number of hydrogen-bond acceptors (Lipinski definition) is 3. The van der Waals surface area contributed by atoms with Gasteiger partial charge in [0.2, 0.25) is 0 Å². The van der Waals surface area contributed by atoms with Crippen LogP contribution in [-0.4, -0.2) is 48.5 Å². The minimum absolute atomic E-state index is 0.442. The predicted octanol–water partition coefficient (Wildman–Crippen LogP) is -0.945. The molecule has 6 nitrogen and oxygen atoms in total. The van der Waals surface area contributed by atoms with Gasteiger partial charge in [-0.1, -0.05) is 0 Å². The Morgan fingerprint density at radius 3 is 2.79 bits per heavy atom. The molecule has 1 atom stereocenters. The molecule has 14 heavy (non-hydrogen) atoms. The molecule has 0 aromatic heterocycles. The molecule has 0 spiro atoms. The summed E-state index contributed by atoms with van der Waals surface area (Å²) in [6.45, 7) is -3.26. The molecule has 0 bridgehead atoms. The topological polar surface area (TPSA) is 105 Å². The van der Waals surface area contributed by atoms with Crippen molar-refractivity contribution in [3.05, 3.63) is 0 Å². The molecule has 0 aliphatic heterocycles. The van der Waals surface area contributed by atoms with Crippen LogP contribution in [0, 0.1) is 0 Å². The zero-order valence-corrected chi connectivity index (χ0v) is 7.90. The van der Waals surface area contributed by atoms with Crippen LogP contribution in [-0.2, 0) is 4.79 Å². The molecule has 0 aliphatic carbocycles. The number of carboxylic acids is 1. The molecule has 0 saturated carbocycles. The van der Waals surface area contributed by atoms with E-state index in [0.717, 1.165) is 4.90 Å². The first-order valence-electron chi connectivity index (χ1n) is 7.07. The Kier molecular flexibility index (Phi) is 2.20. The molecular weight excluding hydrogens is 184 g/mol. The third kappa shape index (κ3) is 5.36. The third-order valence-corrected chi connectivity index (χ3v) is 1.11. The monoisotopic (exact) mass is 209 g/mol. The van der Waals surface area contributed by atoms with Gasteiger partial charge in [-0.15, -0.1) is 0 Å². The molecule has 0 aromatic carbocycles. The summed E-state index contributed by atoms with van der Waals surface area (Å²) in [5.74, 6) is -2.58. The van der Waals surface area contributed by atoms with Crippen molar-refractivity contribution in [1.29, 1.82) is 0 Å². The van der Waals surface area contributed by atoms with Crippen LogP contribution in [0.5, 0.6) is 0 Å². The SMILES string of the molecule is [2H]C([2H])(N=C(N)N(C)C)C([2H])([2H])C([2H])([2H])[C@@]([2H])(N)C(=O)O. The Morgan fingerprint density at radius 2 is 2.36 bits per heavy atom. The highest BCUT2D eigenvalue weighted by molar-refractivity contribution is 5.77. The number of aliphatic carboxylic acids is 1. The molecule has 0 saturated heterocycles. The Labute approximate surface area is 93.4 Å². The summed E-state index contributed by atoms with van der Waals surface area (Å²) in [7, 11) is 2.79. The number of carboxylic acid groups (broad SMARTS) is 1. The number of aliphatic imine (C=N–C) groups is 1. The average molecular weight is 209 g/mol. The van der Waals surface area contributed by atoms with Gasteiger partial charge in [-0.25, -0.2) is 0 Å². The van der Waals surface area contributed by atoms with Crippen molar-refractivity contribution in [3.63, 3.8) is 0 Å². The van der Waals surface area contributed by atoms with E-state index >= 15 is 0 Å². The van der Waals surface area contributed by atoms with Gasteiger partial charge < -0.3 is 21.5 Å². The molecule has 0 fully saturated rings. The molecular formula is C8H18N4O2. The molecule has 0 rings (SSSR count). The highest BCUT2D eigenvalue weighted by Gasteiger charge is 2.09. The van der Waals surface area contributed by atoms with Crippen molar-refractivity contribution in [2.24, 2.45) is 16.5 Å². The van der Waals surface area contributed by atoms with Crippen molar-refractivity contribution in [2.75, 3.05) is 20.6 Å². The van der Waals surface area contributed by atoms with Gasteiger partial charge in [0, 0.05) is 26.1 Å². The van der Waals surface area contributed by atoms with E-state index in [2.05, 4.69) is 4.99 Å². The minimum Gasteiger partial charge on any atom is -0.480 e. The first-order chi connectivity index (χ1) is 9.02. The van der Waals surface area contributed by atoms with Crippen LogP contribution in [0.4, 0.5) is 0 Å². The third-order valence-electron chi connectivity index (χ3n) is 1.11. The number of hydrogen-bond donors (Lipinski definition) is 3. The van der Waals surface area contributed by atoms with E-state index in [1.807, 2.05) is 0 Å². The van der Waals surface area contributed by atoms with E-state index in [0.29, 0.717) is 0 Å². The molecule has 0 radical (unpaired) electrons. The van der Waals surface area contributed by atoms with Crippen molar-refractivity contribution in [3.8, 4) is 0 Å². The zero-order valence-electron chi connectivity index (χ0n) is 14.9. The molecule has 5 N–H and O–H groups in total. The van der Waals surface area contributed by atoms with Crippen LogP contribution < -0.4 is 11.5 Å². The first-order valence-corrected chi connectivity index (χ1v) is 3.57. The maximum atomic E-state index is 10.9. The second kappa shape index (κ2) is 6.20. The fourth-order valence-electron chi connectivity index (χ4n) is 0.334. The average Bonchev–Trinajstić information content (AvgIpc) is 2.26. The van der Waals surface area contributed by atoms with Gasteiger partial charge in [0.05, 0.1) is 4.11 Å². The summed E-state index contributed by atoms with van der Waals surface area (Å²) < 4.78 is 52.6. The maximum Gasteiger partial charge on any atom is 0.320 e. The van der Waals surface area contributed by atoms with E-state index in [-0.39, 0.29) is 0 Å². The number of nitrogens with two attached hydrogens (primary N) is 2. The summed E-state index contributed by atoms with van der Waals surface area (Å²) in [5, 5.41) is 8.77. The molecule has 0 amide bonds. The van der Waals surface area contributed by atoms with Crippen LogP contribution >= 0.6 is 0 Å². The predicted molar refractivity (Wildman–Crippen MR) is 55.0 cm³/mol. The first kappa shape index (κ1) is 4.97. The summed E-state index contributed by atoms with van der Waals surface area (Å²) in [5.41, 5.74) is 10.4. The standard InChI is InChI=1S/C8H18N4O2/c1-12(2)8(10)11-5-3-4-6(9)7(13)14/h6H,3-5,9H2,1-2H3,(H2,10,11)(H,13,14)/t6-/m1/s1/i3D2,4D2,5D2,6D. The lowest BCUT2D eigenvalue weighted by Crippen LogP contribution is -2.31. The van der Waals surface area contributed by atoms with Gasteiger partial charge in [-0.3, -0.25) is 9.79 Å². The van der Waals surface area contributed by atoms with Crippen LogP contribution in [0.2, 0.25) is 0 Å². The van der Waals surface area contributed by atoms with Crippen LogP contribution in [0.25, 0.3) is 0 Å². The van der Waals surface area contributed by atoms with E-state index < -0.39 is 37.2 Å². The lowest BCUT2D eigenvalue weighted by molar-refractivity contribution is -0.138. The number of rotatable bonds is 5. The van der Waals surface area contributed by atoms with Crippen molar-refractivity contribution in [2.45, 2.75) is 18.8 Å². The highest BCUT2D eigenvalue weighted by atomic mass is 16.4. The molecule has 0 unspecified atom stereocenters. The van der Waals surface area contributed by atoms with Gasteiger partial charge in [0.25, 0.3) is 0 Å². The summed E-state index contributed by atoms with van der Waals surface area (Å²) >= 11 is 0. The molecule has 6 heteroatoms. The Balaban J connectivity index is 5.97. The smallest absolute Gasteiger partial charge is 0.320 e. The second-order valence-electron chi connectivity index (χ2n) is 2.45. The van der Waals surface area contributed by atoms with E-state index in [9.17, 15) is 4.79 Å². The minimum atomic E-state index is -3.61. The lowest BCUT2D eigenvalue weighted by atomic mass is 10.2. The number of guanidine groups is 1. The van der Waals surface area contributed by atoms with Crippen LogP contribution in [0.3, 0.4) is 0 Å². The van der Waals surface area contributed by atoms with E-state index in [1.54, 1.807) is 0 Å². The van der Waals surface area contributed by atoms with E-state index in [1.165, 1.54) is 14.1 Å². The van der Waals surface area contributed by atoms with Gasteiger partial charge in [0.1, 0.15) is 6.02 Å². The molecule has 0 heterocycles.